The van der Waals surface area contributed by atoms with Gasteiger partial charge in [-0.1, -0.05) is 171 Å². The number of fused-ring (bicyclic) bond motifs is 3. The summed E-state index contributed by atoms with van der Waals surface area (Å²) < 4.78 is 0. The van der Waals surface area contributed by atoms with E-state index in [-0.39, 0.29) is 17.3 Å². The van der Waals surface area contributed by atoms with Crippen LogP contribution in [0.25, 0.3) is 39.5 Å². The van der Waals surface area contributed by atoms with E-state index in [0.29, 0.717) is 17.6 Å². The highest BCUT2D eigenvalue weighted by molar-refractivity contribution is 5.85. The molecule has 0 N–H and O–H groups in total. The molecule has 6 aromatic rings. The van der Waals surface area contributed by atoms with Gasteiger partial charge in [-0.25, -0.2) is 15.0 Å². The summed E-state index contributed by atoms with van der Waals surface area (Å²) in [4.78, 5) is 17.5. The Labute approximate surface area is 335 Å². The second kappa shape index (κ2) is 14.5. The normalized spacial score (nSPS) is 22.2. The lowest BCUT2D eigenvalue weighted by atomic mass is 9.62. The molecule has 2 heterocycles. The van der Waals surface area contributed by atoms with Crippen molar-refractivity contribution in [3.63, 3.8) is 0 Å². The number of aromatic nitrogens is 3. The monoisotopic (exact) mass is 736 g/mol. The van der Waals surface area contributed by atoms with E-state index in [1.54, 1.807) is 0 Å². The van der Waals surface area contributed by atoms with Crippen LogP contribution in [0, 0.1) is 17.8 Å². The van der Waals surface area contributed by atoms with Crippen LogP contribution in [0.3, 0.4) is 0 Å². The van der Waals surface area contributed by atoms with Crippen molar-refractivity contribution in [3.8, 4) is 33.9 Å². The first-order chi connectivity index (χ1) is 28.0. The first-order valence-electron chi connectivity index (χ1n) is 20.1. The Morgan fingerprint density at radius 2 is 1.12 bits per heavy atom. The summed E-state index contributed by atoms with van der Waals surface area (Å²) >= 11 is 0. The van der Waals surface area contributed by atoms with Crippen LogP contribution in [-0.4, -0.2) is 15.0 Å². The van der Waals surface area contributed by atoms with Crippen molar-refractivity contribution >= 4 is 16.9 Å². The van der Waals surface area contributed by atoms with E-state index in [4.69, 9.17) is 15.0 Å². The van der Waals surface area contributed by atoms with Crippen LogP contribution in [0.1, 0.15) is 38.1 Å². The summed E-state index contributed by atoms with van der Waals surface area (Å²) in [5.41, 5.74) is 13.4. The minimum absolute atomic E-state index is 0.209. The summed E-state index contributed by atoms with van der Waals surface area (Å²) in [7, 11) is 0. The number of nitrogens with zero attached hydrogens (tertiary/aromatic N) is 4. The van der Waals surface area contributed by atoms with Gasteiger partial charge in [-0.3, -0.25) is 0 Å². The number of hydrogen-bond acceptors (Lipinski definition) is 4. The van der Waals surface area contributed by atoms with Gasteiger partial charge in [0.05, 0.1) is 5.69 Å². The van der Waals surface area contributed by atoms with Crippen molar-refractivity contribution in [2.24, 2.45) is 17.8 Å². The Hall–Kier alpha value is -6.65. The number of allylic oxidation sites excluding steroid dienone is 12. The van der Waals surface area contributed by atoms with Crippen molar-refractivity contribution < 1.29 is 0 Å². The van der Waals surface area contributed by atoms with Gasteiger partial charge >= 0.3 is 0 Å². The number of hydrogen-bond donors (Lipinski definition) is 0. The lowest BCUT2D eigenvalue weighted by molar-refractivity contribution is 0.324. The molecule has 0 amide bonds. The molecule has 5 aromatic carbocycles. The van der Waals surface area contributed by atoms with E-state index in [1.165, 1.54) is 44.9 Å². The van der Waals surface area contributed by atoms with Crippen molar-refractivity contribution in [2.75, 3.05) is 4.90 Å². The topological polar surface area (TPSA) is 41.9 Å². The van der Waals surface area contributed by atoms with Gasteiger partial charge in [0.2, 0.25) is 0 Å². The Morgan fingerprint density at radius 3 is 1.77 bits per heavy atom. The van der Waals surface area contributed by atoms with Gasteiger partial charge in [0.25, 0.3) is 0 Å². The molecule has 0 fully saturated rings. The Bertz CT molecular complexity index is 2590. The molecule has 4 aliphatic rings. The molecule has 4 nitrogen and oxygen atoms in total. The molecular formula is C53H44N4. The highest BCUT2D eigenvalue weighted by Crippen LogP contribution is 2.59. The number of benzene rings is 5. The quantitative estimate of drug-likeness (QED) is 0.164. The van der Waals surface area contributed by atoms with Gasteiger partial charge in [0.15, 0.2) is 17.5 Å². The fourth-order valence-corrected chi connectivity index (χ4v) is 9.47. The first-order valence-corrected chi connectivity index (χ1v) is 20.1. The molecule has 10 rings (SSSR count). The summed E-state index contributed by atoms with van der Waals surface area (Å²) in [5, 5.41) is 0. The molecule has 4 unspecified atom stereocenters. The predicted octanol–water partition coefficient (Wildman–Crippen LogP) is 12.9. The molecule has 0 radical (unpaired) electrons. The molecular weight excluding hydrogens is 693 g/mol. The number of rotatable bonds is 7. The van der Waals surface area contributed by atoms with E-state index < -0.39 is 0 Å². The highest BCUT2D eigenvalue weighted by Gasteiger charge is 2.51. The van der Waals surface area contributed by atoms with E-state index >= 15 is 0 Å². The summed E-state index contributed by atoms with van der Waals surface area (Å²) in [5.74, 6) is 2.99. The molecule has 57 heavy (non-hydrogen) atoms. The second-order valence-electron chi connectivity index (χ2n) is 15.8. The third-order valence-electron chi connectivity index (χ3n) is 12.4. The molecule has 1 aliphatic heterocycles. The lowest BCUT2D eigenvalue weighted by Crippen LogP contribution is -2.39. The number of anilines is 2. The summed E-state index contributed by atoms with van der Waals surface area (Å²) in [6.45, 7) is 4.78. The molecule has 0 bridgehead atoms. The van der Waals surface area contributed by atoms with Crippen molar-refractivity contribution in [1.82, 2.24) is 15.0 Å². The number of para-hydroxylation sites is 1. The van der Waals surface area contributed by atoms with Crippen LogP contribution < -0.4 is 4.90 Å². The first kappa shape index (κ1) is 34.8. The zero-order valence-corrected chi connectivity index (χ0v) is 32.3. The van der Waals surface area contributed by atoms with Gasteiger partial charge < -0.3 is 4.90 Å². The van der Waals surface area contributed by atoms with E-state index in [9.17, 15) is 0 Å². The zero-order valence-electron chi connectivity index (χ0n) is 32.3. The van der Waals surface area contributed by atoms with Crippen molar-refractivity contribution in [2.45, 2.75) is 32.1 Å². The maximum Gasteiger partial charge on any atom is 0.164 e. The van der Waals surface area contributed by atoms with Crippen LogP contribution in [0.2, 0.25) is 0 Å². The van der Waals surface area contributed by atoms with Crippen LogP contribution in [-0.2, 0) is 5.41 Å². The Morgan fingerprint density at radius 1 is 0.544 bits per heavy atom. The Kier molecular flexibility index (Phi) is 8.83. The van der Waals surface area contributed by atoms with Gasteiger partial charge in [-0.2, -0.15) is 0 Å². The predicted molar refractivity (Wildman–Crippen MR) is 234 cm³/mol. The van der Waals surface area contributed by atoms with E-state index in [2.05, 4.69) is 170 Å². The van der Waals surface area contributed by atoms with E-state index in [0.717, 1.165) is 35.4 Å². The summed E-state index contributed by atoms with van der Waals surface area (Å²) in [6.07, 6.45) is 20.7. The van der Waals surface area contributed by atoms with Crippen molar-refractivity contribution in [1.29, 1.82) is 0 Å². The molecule has 276 valence electrons. The largest absolute Gasteiger partial charge is 0.313 e. The molecule has 4 atom stereocenters. The van der Waals surface area contributed by atoms with Crippen LogP contribution in [0.15, 0.2) is 205 Å². The lowest BCUT2D eigenvalue weighted by Gasteiger charge is -2.42. The van der Waals surface area contributed by atoms with E-state index in [1.807, 2.05) is 36.4 Å². The molecule has 0 spiro atoms. The minimum Gasteiger partial charge on any atom is -0.313 e. The fraction of sp³-hybridized carbons (Fsp3) is 0.151. The third-order valence-corrected chi connectivity index (χ3v) is 12.4. The molecule has 1 aromatic heterocycles. The van der Waals surface area contributed by atoms with Gasteiger partial charge in [0, 0.05) is 33.5 Å². The average molecular weight is 737 g/mol. The average Bonchev–Trinajstić information content (AvgIpc) is 3.55. The molecule has 4 heteroatoms. The molecule has 0 saturated carbocycles. The van der Waals surface area contributed by atoms with Crippen molar-refractivity contribution in [3.05, 3.63) is 216 Å². The second-order valence-corrected chi connectivity index (χ2v) is 15.8. The maximum absolute atomic E-state index is 5.06. The highest BCUT2D eigenvalue weighted by atomic mass is 15.2. The van der Waals surface area contributed by atoms with Crippen LogP contribution in [0.4, 0.5) is 11.4 Å². The molecule has 0 saturated heterocycles. The Balaban J connectivity index is 0.974. The van der Waals surface area contributed by atoms with Crippen LogP contribution in [0.5, 0.6) is 0 Å². The van der Waals surface area contributed by atoms with Gasteiger partial charge in [-0.15, -0.1) is 0 Å². The van der Waals surface area contributed by atoms with Gasteiger partial charge in [0.1, 0.15) is 0 Å². The maximum atomic E-state index is 5.06. The smallest absolute Gasteiger partial charge is 0.164 e. The van der Waals surface area contributed by atoms with Crippen LogP contribution >= 0.6 is 0 Å². The SMILES string of the molecule is CC1CC(C2=CC=CC(C3C=CC=C4N(c5ccccc5)c5cc(-c6ccccc6)ccc5C43C)C2)=CC=C1c1nc(-c2ccccc2)nc(-c2ccccc2)n1. The van der Waals surface area contributed by atoms with Gasteiger partial charge in [-0.05, 0) is 89.6 Å². The third kappa shape index (κ3) is 6.22. The summed E-state index contributed by atoms with van der Waals surface area (Å²) in [6, 6.07) is 49.2. The zero-order chi connectivity index (χ0) is 38.3. The standard InChI is InChI=1S/C53H44N4/c1-36-33-41(29-31-45(36)52-55-50(38-19-9-4-10-20-38)54-51(56-52)39-21-11-5-12-22-39)40-23-15-24-43(34-40)46-27-16-28-49-53(46,2)47-32-30-42(37-17-7-3-8-18-37)35-48(47)57(49)44-25-13-6-14-26-44/h3-32,35-36,43,46H,33-34H2,1-2H3. The minimum atomic E-state index is -0.209. The fourth-order valence-electron chi connectivity index (χ4n) is 9.47. The molecule has 3 aliphatic carbocycles.